The molecule has 0 heterocycles. The molecule has 7 heteroatoms. The summed E-state index contributed by atoms with van der Waals surface area (Å²) < 4.78 is 24.7. The summed E-state index contributed by atoms with van der Waals surface area (Å²) in [6, 6.07) is 19.2. The lowest BCUT2D eigenvalue weighted by molar-refractivity contribution is 0.135. The number of halogens is 3. The van der Waals surface area contributed by atoms with Gasteiger partial charge in [-0.05, 0) is 30.7 Å². The van der Waals surface area contributed by atoms with E-state index < -0.39 is 11.9 Å². The summed E-state index contributed by atoms with van der Waals surface area (Å²) in [6.45, 7) is 2.57. The molecule has 0 radical (unpaired) electrons. The first-order valence-corrected chi connectivity index (χ1v) is 10.1. The van der Waals surface area contributed by atoms with E-state index in [0.29, 0.717) is 28.6 Å². The summed E-state index contributed by atoms with van der Waals surface area (Å²) in [6.07, 6.45) is -0.640. The minimum absolute atomic E-state index is 0. The molecule has 0 saturated heterocycles. The van der Waals surface area contributed by atoms with Crippen LogP contribution in [0.1, 0.15) is 29.7 Å². The van der Waals surface area contributed by atoms with E-state index in [1.54, 1.807) is 13.2 Å². The number of nitrogens with one attached hydrogen (secondary N) is 1. The van der Waals surface area contributed by atoms with Crippen molar-refractivity contribution < 1.29 is 19.0 Å². The molecule has 0 aliphatic rings. The third-order valence-corrected chi connectivity index (χ3v) is 5.25. The lowest BCUT2D eigenvalue weighted by atomic mass is 10.0. The number of benzene rings is 3. The van der Waals surface area contributed by atoms with Gasteiger partial charge in [-0.15, -0.1) is 12.4 Å². The summed E-state index contributed by atoms with van der Waals surface area (Å²) in [4.78, 5) is 0. The third-order valence-electron chi connectivity index (χ3n) is 4.90. The average molecular weight is 466 g/mol. The fraction of sp³-hybridized carbons (Fsp3) is 0.250. The van der Waals surface area contributed by atoms with Crippen molar-refractivity contribution in [3.63, 3.8) is 0 Å². The van der Waals surface area contributed by atoms with Gasteiger partial charge in [-0.2, -0.15) is 0 Å². The molecule has 31 heavy (non-hydrogen) atoms. The zero-order chi connectivity index (χ0) is 21.5. The van der Waals surface area contributed by atoms with Crippen LogP contribution in [0.4, 0.5) is 4.39 Å². The quantitative estimate of drug-likeness (QED) is 0.425. The lowest BCUT2D eigenvalue weighted by Crippen LogP contribution is -2.31. The van der Waals surface area contributed by atoms with Gasteiger partial charge in [0.1, 0.15) is 12.4 Å². The molecular formula is C24H26Cl2FNO3. The largest absolute Gasteiger partial charge is 0.493 e. The molecule has 0 spiro atoms. The van der Waals surface area contributed by atoms with Crippen molar-refractivity contribution in [1.82, 2.24) is 5.32 Å². The molecule has 166 valence electrons. The van der Waals surface area contributed by atoms with Crippen molar-refractivity contribution in [2.75, 3.05) is 7.11 Å². The normalized spacial score (nSPS) is 12.5. The van der Waals surface area contributed by atoms with E-state index in [2.05, 4.69) is 5.32 Å². The molecule has 3 rings (SSSR count). The maximum atomic E-state index is 13.3. The maximum absolute atomic E-state index is 13.3. The summed E-state index contributed by atoms with van der Waals surface area (Å²) >= 11 is 6.11. The van der Waals surface area contributed by atoms with Crippen molar-refractivity contribution in [2.45, 2.75) is 32.2 Å². The number of rotatable bonds is 9. The van der Waals surface area contributed by atoms with Crippen LogP contribution in [-0.2, 0) is 13.2 Å². The zero-order valence-electron chi connectivity index (χ0n) is 17.3. The highest BCUT2D eigenvalue weighted by Crippen LogP contribution is 2.33. The fourth-order valence-electron chi connectivity index (χ4n) is 3.14. The molecule has 0 aromatic heterocycles. The van der Waals surface area contributed by atoms with Crippen LogP contribution < -0.4 is 14.8 Å². The molecule has 0 fully saturated rings. The molecule has 2 N–H and O–H groups in total. The average Bonchev–Trinajstić information content (AvgIpc) is 2.77. The van der Waals surface area contributed by atoms with E-state index in [1.807, 2.05) is 55.5 Å². The van der Waals surface area contributed by atoms with Crippen LogP contribution in [0, 0.1) is 5.82 Å². The van der Waals surface area contributed by atoms with Crippen LogP contribution >= 0.6 is 24.0 Å². The van der Waals surface area contributed by atoms with Gasteiger partial charge in [0.2, 0.25) is 0 Å². The molecule has 3 aromatic rings. The highest BCUT2D eigenvalue weighted by molar-refractivity contribution is 6.31. The number of aliphatic hydroxyl groups is 1. The van der Waals surface area contributed by atoms with E-state index in [0.717, 1.165) is 11.1 Å². The molecule has 2 unspecified atom stereocenters. The van der Waals surface area contributed by atoms with Gasteiger partial charge in [0.15, 0.2) is 11.5 Å². The predicted octanol–water partition coefficient (Wildman–Crippen LogP) is 5.70. The molecule has 3 aromatic carbocycles. The first-order chi connectivity index (χ1) is 14.5. The van der Waals surface area contributed by atoms with Crippen LogP contribution in [0.15, 0.2) is 66.7 Å². The second kappa shape index (κ2) is 11.9. The lowest BCUT2D eigenvalue weighted by Gasteiger charge is -2.22. The molecule has 0 bridgehead atoms. The fourth-order valence-corrected chi connectivity index (χ4v) is 3.36. The van der Waals surface area contributed by atoms with Crippen LogP contribution in [0.25, 0.3) is 0 Å². The second-order valence-corrected chi connectivity index (χ2v) is 7.41. The molecule has 0 saturated carbocycles. The van der Waals surface area contributed by atoms with Gasteiger partial charge in [-0.3, -0.25) is 0 Å². The van der Waals surface area contributed by atoms with Gasteiger partial charge < -0.3 is 19.9 Å². The molecule has 0 aliphatic heterocycles. The Balaban J connectivity index is 0.00000341. The Hall–Kier alpha value is -2.31. The molecular weight excluding hydrogens is 440 g/mol. The number of hydrogen-bond acceptors (Lipinski definition) is 4. The van der Waals surface area contributed by atoms with Crippen molar-refractivity contribution >= 4 is 24.0 Å². The van der Waals surface area contributed by atoms with Crippen molar-refractivity contribution in [3.8, 4) is 11.5 Å². The Morgan fingerprint density at radius 2 is 1.77 bits per heavy atom. The molecule has 0 aliphatic carbocycles. The topological polar surface area (TPSA) is 50.7 Å². The number of methoxy groups -OCH3 is 1. The SMILES string of the molecule is COc1cccc(CNC(C)C(O)c2ccccc2)c1OCc1ccc(F)cc1Cl.Cl. The monoisotopic (exact) mass is 465 g/mol. The van der Waals surface area contributed by atoms with Gasteiger partial charge in [0.25, 0.3) is 0 Å². The number of para-hydroxylation sites is 1. The van der Waals surface area contributed by atoms with E-state index in [-0.39, 0.29) is 25.1 Å². The van der Waals surface area contributed by atoms with Crippen LogP contribution in [0.3, 0.4) is 0 Å². The Morgan fingerprint density at radius 3 is 2.45 bits per heavy atom. The number of aliphatic hydroxyl groups excluding tert-OH is 1. The van der Waals surface area contributed by atoms with Gasteiger partial charge in [-0.1, -0.05) is 60.1 Å². The van der Waals surface area contributed by atoms with E-state index >= 15 is 0 Å². The van der Waals surface area contributed by atoms with Crippen LogP contribution in [-0.4, -0.2) is 18.3 Å². The Kier molecular flexibility index (Phi) is 9.59. The molecule has 4 nitrogen and oxygen atoms in total. The van der Waals surface area contributed by atoms with Crippen molar-refractivity contribution in [2.24, 2.45) is 0 Å². The summed E-state index contributed by atoms with van der Waals surface area (Å²) in [5, 5.41) is 14.2. The first kappa shape index (κ1) is 25.0. The van der Waals surface area contributed by atoms with E-state index in [9.17, 15) is 9.50 Å². The van der Waals surface area contributed by atoms with Gasteiger partial charge in [-0.25, -0.2) is 4.39 Å². The standard InChI is InChI=1S/C24H25ClFNO3.ClH/c1-16(23(28)17-7-4-3-5-8-17)27-14-18-9-6-10-22(29-2)24(18)30-15-19-11-12-20(26)13-21(19)25;/h3-13,16,23,27-28H,14-15H2,1-2H3;1H. The Bertz CT molecular complexity index is 972. The van der Waals surface area contributed by atoms with Crippen LogP contribution in [0.2, 0.25) is 5.02 Å². The first-order valence-electron chi connectivity index (χ1n) is 9.68. The molecule has 0 amide bonds. The summed E-state index contributed by atoms with van der Waals surface area (Å²) in [5.41, 5.74) is 2.40. The smallest absolute Gasteiger partial charge is 0.166 e. The van der Waals surface area contributed by atoms with Gasteiger partial charge >= 0.3 is 0 Å². The number of hydrogen-bond donors (Lipinski definition) is 2. The highest BCUT2D eigenvalue weighted by atomic mass is 35.5. The minimum atomic E-state index is -0.640. The summed E-state index contributed by atoms with van der Waals surface area (Å²) in [7, 11) is 1.58. The van der Waals surface area contributed by atoms with Crippen LogP contribution in [0.5, 0.6) is 11.5 Å². The van der Waals surface area contributed by atoms with E-state index in [4.69, 9.17) is 21.1 Å². The third kappa shape index (κ3) is 6.58. The Labute approximate surface area is 193 Å². The van der Waals surface area contributed by atoms with Gasteiger partial charge in [0.05, 0.1) is 18.2 Å². The molecule has 2 atom stereocenters. The number of ether oxygens (including phenoxy) is 2. The maximum Gasteiger partial charge on any atom is 0.166 e. The predicted molar refractivity (Wildman–Crippen MR) is 124 cm³/mol. The Morgan fingerprint density at radius 1 is 1.03 bits per heavy atom. The second-order valence-electron chi connectivity index (χ2n) is 7.00. The summed E-state index contributed by atoms with van der Waals surface area (Å²) in [5.74, 6) is 0.773. The highest BCUT2D eigenvalue weighted by Gasteiger charge is 2.18. The van der Waals surface area contributed by atoms with Crippen molar-refractivity contribution in [1.29, 1.82) is 0 Å². The van der Waals surface area contributed by atoms with Crippen molar-refractivity contribution in [3.05, 3.63) is 94.3 Å². The minimum Gasteiger partial charge on any atom is -0.493 e. The zero-order valence-corrected chi connectivity index (χ0v) is 18.9. The van der Waals surface area contributed by atoms with Gasteiger partial charge in [0, 0.05) is 23.7 Å². The van der Waals surface area contributed by atoms with E-state index in [1.165, 1.54) is 12.1 Å².